The van der Waals surface area contributed by atoms with Gasteiger partial charge >= 0.3 is 12.1 Å². The van der Waals surface area contributed by atoms with Crippen molar-refractivity contribution < 1.29 is 70.4 Å². The molecule has 23 nitrogen and oxygen atoms in total. The molecule has 4 aromatic rings. The number of halogens is 1. The SMILES string of the molecule is CC1=C(C)C(=O)C(C(C)(C)CC(=O)N(C)CCN(CCOCCOCCOCCC(=O)NCCNC(=O)CCCC/C=C/c2c(-c3ccc(F)cc3)nc(N(C)S(C)(=O)=O)nc2C(C)C)C(=O)Oc2ccc3nc(C4=NC(C(=O)O)CS4)sc3c2)=C(C)C1=O. The van der Waals surface area contributed by atoms with Crippen LogP contribution in [0.3, 0.4) is 0 Å². The number of ketones is 2. The summed E-state index contributed by atoms with van der Waals surface area (Å²) >= 11 is 2.61. The van der Waals surface area contributed by atoms with Gasteiger partial charge in [0.25, 0.3) is 0 Å². The normalized spacial score (nSPS) is 14.7. The highest BCUT2D eigenvalue weighted by atomic mass is 32.2. The number of aromatic nitrogens is 3. The number of unbranched alkanes of at least 4 members (excludes halogenated alkanes) is 2. The third-order valence-corrected chi connectivity index (χ3v) is 18.1. The van der Waals surface area contributed by atoms with Crippen LogP contribution in [-0.2, 0) is 53.0 Å². The Morgan fingerprint density at radius 2 is 1.46 bits per heavy atom. The number of Topliss-reactive ketones (excluding diaryl/α,β-unsaturated/α-hetero) is 2. The Balaban J connectivity index is 0.872. The predicted octanol–water partition coefficient (Wildman–Crippen LogP) is 7.78. The van der Waals surface area contributed by atoms with Gasteiger partial charge in [0.1, 0.15) is 21.6 Å². The molecule has 89 heavy (non-hydrogen) atoms. The van der Waals surface area contributed by atoms with Crippen LogP contribution >= 0.6 is 23.1 Å². The maximum absolute atomic E-state index is 13.9. The molecule has 1 atom stereocenters. The molecule has 2 aromatic heterocycles. The molecule has 482 valence electrons. The number of sulfonamides is 1. The lowest BCUT2D eigenvalue weighted by atomic mass is 9.71. The Morgan fingerprint density at radius 1 is 0.820 bits per heavy atom. The first-order chi connectivity index (χ1) is 42.2. The molecule has 1 aliphatic heterocycles. The van der Waals surface area contributed by atoms with Crippen molar-refractivity contribution in [1.82, 2.24) is 35.4 Å². The smallest absolute Gasteiger partial charge is 0.415 e. The molecule has 0 saturated heterocycles. The van der Waals surface area contributed by atoms with Gasteiger partial charge in [-0.15, -0.1) is 23.1 Å². The first-order valence-electron chi connectivity index (χ1n) is 29.2. The largest absolute Gasteiger partial charge is 0.480 e. The summed E-state index contributed by atoms with van der Waals surface area (Å²) in [5.41, 5.74) is 3.44. The molecule has 0 radical (unpaired) electrons. The van der Waals surface area contributed by atoms with E-state index >= 15 is 0 Å². The molecular formula is C62H80FN9O14S3. The van der Waals surface area contributed by atoms with Gasteiger partial charge in [-0.25, -0.2) is 41.7 Å². The summed E-state index contributed by atoms with van der Waals surface area (Å²) in [7, 11) is -0.676. The number of amides is 4. The number of carbonyl (C=O) groups excluding carboxylic acids is 6. The zero-order chi connectivity index (χ0) is 65.2. The number of rotatable bonds is 34. The van der Waals surface area contributed by atoms with Crippen molar-refractivity contribution >= 4 is 102 Å². The molecular weight excluding hydrogens is 1210 g/mol. The molecule has 0 fully saturated rings. The lowest BCUT2D eigenvalue weighted by molar-refractivity contribution is -0.138. The van der Waals surface area contributed by atoms with Crippen LogP contribution in [0.1, 0.15) is 109 Å². The van der Waals surface area contributed by atoms with E-state index in [1.807, 2.05) is 26.0 Å². The molecule has 2 aromatic carbocycles. The number of benzene rings is 2. The first-order valence-corrected chi connectivity index (χ1v) is 32.9. The molecule has 3 heterocycles. The van der Waals surface area contributed by atoms with Crippen molar-refractivity contribution in [3.63, 3.8) is 0 Å². The highest BCUT2D eigenvalue weighted by molar-refractivity contribution is 8.15. The van der Waals surface area contributed by atoms with Crippen LogP contribution < -0.4 is 19.7 Å². The number of fused-ring (bicyclic) bond motifs is 1. The highest BCUT2D eigenvalue weighted by Gasteiger charge is 2.39. The summed E-state index contributed by atoms with van der Waals surface area (Å²) in [5, 5.41) is 16.1. The standard InChI is InChI=1S/C62H80FN9O14S3/c1-38(2)53-45(54(42-17-19-43(63)20-18-42)69-60(68-53)71(9)89(10,81)82)15-13-11-12-14-16-49(73)64-24-25-65-50(74)23-29-83-31-33-85-34-32-84-30-28-72(27-26-70(8)51(75)36-62(6,7)52-41(5)55(76)39(3)40(4)56(52)77)61(80)86-44-21-22-46-48(35-44)88-58(66-46)57-67-47(37-87-57)59(78)79/h13,15,17-22,35,38,47H,11-12,14,16,23-34,36-37H2,1-10H3,(H,64,73)(H,65,74)(H,78,79)/b15-13+. The average molecular weight is 1290 g/mol. The van der Waals surface area contributed by atoms with Crippen molar-refractivity contribution in [3.05, 3.63) is 92.9 Å². The van der Waals surface area contributed by atoms with Gasteiger partial charge in [-0.2, -0.15) is 0 Å². The number of carboxylic acids is 1. The fraction of sp³-hybridized carbons (Fsp3) is 0.500. The van der Waals surface area contributed by atoms with Crippen LogP contribution in [0.4, 0.5) is 15.1 Å². The second-order valence-electron chi connectivity index (χ2n) is 22.4. The van der Waals surface area contributed by atoms with E-state index in [-0.39, 0.29) is 132 Å². The number of anilines is 1. The van der Waals surface area contributed by atoms with E-state index < -0.39 is 39.4 Å². The fourth-order valence-corrected chi connectivity index (χ4v) is 11.9. The molecule has 27 heteroatoms. The number of carboxylic acid groups (broad SMARTS) is 1. The Kier molecular flexibility index (Phi) is 26.2. The van der Waals surface area contributed by atoms with Crippen LogP contribution in [0.2, 0.25) is 0 Å². The lowest BCUT2D eigenvalue weighted by Gasteiger charge is -2.33. The third kappa shape index (κ3) is 20.4. The Morgan fingerprint density at radius 3 is 2.10 bits per heavy atom. The number of likely N-dealkylation sites (N-methyl/N-ethyl adjacent to an activating group) is 1. The van der Waals surface area contributed by atoms with E-state index in [0.29, 0.717) is 96.5 Å². The van der Waals surface area contributed by atoms with Crippen LogP contribution in [0.15, 0.2) is 75.8 Å². The Hall–Kier alpha value is -7.30. The number of thiazole rings is 1. The number of carbonyl (C=O) groups is 7. The Labute approximate surface area is 527 Å². The topological polar surface area (TPSA) is 296 Å². The molecule has 0 spiro atoms. The third-order valence-electron chi connectivity index (χ3n) is 14.7. The summed E-state index contributed by atoms with van der Waals surface area (Å²) < 4.78 is 63.1. The quantitative estimate of drug-likeness (QED) is 0.0297. The minimum Gasteiger partial charge on any atom is -0.480 e. The van der Waals surface area contributed by atoms with Gasteiger partial charge in [-0.05, 0) is 82.3 Å². The van der Waals surface area contributed by atoms with Gasteiger partial charge in [0.05, 0.1) is 67.5 Å². The molecule has 2 aliphatic rings. The van der Waals surface area contributed by atoms with Gasteiger partial charge in [0, 0.05) is 117 Å². The summed E-state index contributed by atoms with van der Waals surface area (Å²) in [6.07, 6.45) is 6.48. The Bertz CT molecular complexity index is 3490. The van der Waals surface area contributed by atoms with Crippen molar-refractivity contribution in [1.29, 1.82) is 0 Å². The summed E-state index contributed by atoms with van der Waals surface area (Å²) in [6, 6.07) is 9.92. The highest BCUT2D eigenvalue weighted by Crippen LogP contribution is 2.40. The van der Waals surface area contributed by atoms with E-state index in [2.05, 4.69) is 30.6 Å². The maximum Gasteiger partial charge on any atom is 0.415 e. The fourth-order valence-electron chi connectivity index (χ4n) is 9.45. The van der Waals surface area contributed by atoms with Crippen LogP contribution in [0, 0.1) is 11.2 Å². The average Bonchev–Trinajstić information content (AvgIpc) is 2.60. The zero-order valence-electron chi connectivity index (χ0n) is 52.1. The molecule has 0 bridgehead atoms. The summed E-state index contributed by atoms with van der Waals surface area (Å²) in [5.74, 6) is -2.12. The van der Waals surface area contributed by atoms with Gasteiger partial charge in [0.2, 0.25) is 33.7 Å². The number of allylic oxidation sites excluding steroid dienone is 5. The number of hydrogen-bond acceptors (Lipinski definition) is 19. The number of ether oxygens (including phenoxy) is 4. The van der Waals surface area contributed by atoms with Crippen LogP contribution in [-0.4, -0.2) is 189 Å². The number of nitrogens with zero attached hydrogens (tertiary/aromatic N) is 7. The van der Waals surface area contributed by atoms with E-state index in [1.165, 1.54) is 52.1 Å². The first kappa shape index (κ1) is 70.8. The van der Waals surface area contributed by atoms with E-state index in [9.17, 15) is 51.5 Å². The van der Waals surface area contributed by atoms with Crippen molar-refractivity contribution in [2.75, 3.05) is 103 Å². The van der Waals surface area contributed by atoms with E-state index in [1.54, 1.807) is 72.0 Å². The van der Waals surface area contributed by atoms with Gasteiger partial charge in [-0.3, -0.25) is 29.0 Å². The molecule has 1 unspecified atom stereocenters. The minimum atomic E-state index is -3.65. The number of thioether (sulfide) groups is 1. The van der Waals surface area contributed by atoms with Gasteiger partial charge < -0.3 is 44.5 Å². The predicted molar refractivity (Wildman–Crippen MR) is 340 cm³/mol. The molecule has 3 N–H and O–H groups in total. The zero-order valence-corrected chi connectivity index (χ0v) is 54.5. The number of hydrogen-bond donors (Lipinski definition) is 3. The molecule has 1 aliphatic carbocycles. The van der Waals surface area contributed by atoms with E-state index in [4.69, 9.17) is 18.9 Å². The second-order valence-corrected chi connectivity index (χ2v) is 26.4. The summed E-state index contributed by atoms with van der Waals surface area (Å²) in [6.45, 7) is 14.1. The van der Waals surface area contributed by atoms with Gasteiger partial charge in [0.15, 0.2) is 17.6 Å². The number of nitrogens with one attached hydrogen (secondary N) is 2. The number of aliphatic carboxylic acids is 1. The molecule has 6 rings (SSSR count). The molecule has 4 amide bonds. The summed E-state index contributed by atoms with van der Waals surface area (Å²) in [4.78, 5) is 111. The minimum absolute atomic E-state index is 0.00977. The monoisotopic (exact) mass is 1290 g/mol. The van der Waals surface area contributed by atoms with Crippen molar-refractivity contribution in [2.45, 2.75) is 99.0 Å². The van der Waals surface area contributed by atoms with Gasteiger partial charge in [-0.1, -0.05) is 39.8 Å². The van der Waals surface area contributed by atoms with E-state index in [0.717, 1.165) is 10.6 Å². The van der Waals surface area contributed by atoms with Crippen LogP contribution in [0.5, 0.6) is 5.75 Å². The van der Waals surface area contributed by atoms with Crippen molar-refractivity contribution in [3.8, 4) is 17.0 Å². The lowest BCUT2D eigenvalue weighted by Crippen LogP contribution is -2.43. The maximum atomic E-state index is 13.9. The second kappa shape index (κ2) is 33.0. The van der Waals surface area contributed by atoms with Crippen molar-refractivity contribution in [2.24, 2.45) is 10.4 Å². The number of aliphatic imine (C=N–C) groups is 1. The van der Waals surface area contributed by atoms with Crippen LogP contribution in [0.25, 0.3) is 27.6 Å². The molecule has 0 saturated carbocycles.